The van der Waals surface area contributed by atoms with Gasteiger partial charge >= 0.3 is 5.97 Å². The summed E-state index contributed by atoms with van der Waals surface area (Å²) in [6.45, 7) is 4.71. The second-order valence-electron chi connectivity index (χ2n) is 8.04. The SMILES string of the molecule is CCCCCCCCCCCCOC(=O)C(C)c1ccc2cc(OC)ccc2c1. The van der Waals surface area contributed by atoms with Gasteiger partial charge in [0.05, 0.1) is 19.6 Å². The first-order valence-corrected chi connectivity index (χ1v) is 11.4. The average Bonchev–Trinajstić information content (AvgIpc) is 2.76. The van der Waals surface area contributed by atoms with E-state index in [2.05, 4.69) is 13.0 Å². The first-order valence-electron chi connectivity index (χ1n) is 11.4. The third-order valence-corrected chi connectivity index (χ3v) is 5.67. The zero-order valence-corrected chi connectivity index (χ0v) is 18.5. The molecule has 0 aliphatic carbocycles. The molecule has 3 nitrogen and oxygen atoms in total. The van der Waals surface area contributed by atoms with Crippen molar-refractivity contribution in [3.63, 3.8) is 0 Å². The van der Waals surface area contributed by atoms with Crippen LogP contribution < -0.4 is 4.74 Å². The van der Waals surface area contributed by atoms with Gasteiger partial charge in [0.15, 0.2) is 0 Å². The topological polar surface area (TPSA) is 35.5 Å². The molecule has 0 aliphatic heterocycles. The fourth-order valence-corrected chi connectivity index (χ4v) is 3.66. The summed E-state index contributed by atoms with van der Waals surface area (Å²) in [5.41, 5.74) is 0.996. The Bertz CT molecular complexity index is 738. The number of fused-ring (bicyclic) bond motifs is 1. The second kappa shape index (κ2) is 13.2. The van der Waals surface area contributed by atoms with Gasteiger partial charge in [-0.2, -0.15) is 0 Å². The molecule has 29 heavy (non-hydrogen) atoms. The smallest absolute Gasteiger partial charge is 0.313 e. The summed E-state index contributed by atoms with van der Waals surface area (Å²) in [7, 11) is 1.67. The van der Waals surface area contributed by atoms with Crippen LogP contribution in [0.2, 0.25) is 0 Å². The van der Waals surface area contributed by atoms with Crippen LogP contribution in [0.15, 0.2) is 36.4 Å². The molecule has 0 fully saturated rings. The number of unbranched alkanes of at least 4 members (excludes halogenated alkanes) is 9. The van der Waals surface area contributed by atoms with Gasteiger partial charge in [0.25, 0.3) is 0 Å². The van der Waals surface area contributed by atoms with Crippen LogP contribution in [0.25, 0.3) is 10.8 Å². The molecule has 0 N–H and O–H groups in total. The van der Waals surface area contributed by atoms with Crippen molar-refractivity contribution in [2.24, 2.45) is 0 Å². The lowest BCUT2D eigenvalue weighted by molar-refractivity contribution is -0.145. The predicted molar refractivity (Wildman–Crippen MR) is 122 cm³/mol. The van der Waals surface area contributed by atoms with Gasteiger partial charge in [0, 0.05) is 0 Å². The fourth-order valence-electron chi connectivity index (χ4n) is 3.66. The summed E-state index contributed by atoms with van der Waals surface area (Å²) in [6.07, 6.45) is 12.8. The molecule has 0 aromatic heterocycles. The molecule has 2 aromatic rings. The predicted octanol–water partition coefficient (Wildman–Crippen LogP) is 7.42. The van der Waals surface area contributed by atoms with Crippen molar-refractivity contribution in [2.45, 2.75) is 84.0 Å². The minimum Gasteiger partial charge on any atom is -0.497 e. The Labute approximate surface area is 176 Å². The molecular formula is C26H38O3. The highest BCUT2D eigenvalue weighted by atomic mass is 16.5. The molecule has 0 heterocycles. The first-order chi connectivity index (χ1) is 14.2. The van der Waals surface area contributed by atoms with Crippen molar-refractivity contribution >= 4 is 16.7 Å². The van der Waals surface area contributed by atoms with Crippen LogP contribution in [0.5, 0.6) is 5.75 Å². The monoisotopic (exact) mass is 398 g/mol. The van der Waals surface area contributed by atoms with E-state index < -0.39 is 0 Å². The molecule has 0 spiro atoms. The summed E-state index contributed by atoms with van der Waals surface area (Å²) >= 11 is 0. The normalized spacial score (nSPS) is 12.1. The number of hydrogen-bond acceptors (Lipinski definition) is 3. The molecule has 3 heteroatoms. The van der Waals surface area contributed by atoms with E-state index in [1.54, 1.807) is 7.11 Å². The Morgan fingerprint density at radius 2 is 1.41 bits per heavy atom. The number of benzene rings is 2. The quantitative estimate of drug-likeness (QED) is 0.245. The summed E-state index contributed by atoms with van der Waals surface area (Å²) in [5, 5.41) is 2.22. The third-order valence-electron chi connectivity index (χ3n) is 5.67. The van der Waals surface area contributed by atoms with E-state index in [1.165, 1.54) is 51.4 Å². The summed E-state index contributed by atoms with van der Waals surface area (Å²) in [5.74, 6) is 0.465. The van der Waals surface area contributed by atoms with Crippen LogP contribution in [0.1, 0.15) is 89.5 Å². The third kappa shape index (κ3) is 8.08. The van der Waals surface area contributed by atoms with Crippen molar-refractivity contribution < 1.29 is 14.3 Å². The van der Waals surface area contributed by atoms with Crippen LogP contribution in [0, 0.1) is 0 Å². The average molecular weight is 399 g/mol. The van der Waals surface area contributed by atoms with E-state index in [1.807, 2.05) is 37.3 Å². The Balaban J connectivity index is 1.64. The highest BCUT2D eigenvalue weighted by Crippen LogP contribution is 2.25. The molecule has 0 radical (unpaired) electrons. The Morgan fingerprint density at radius 1 is 0.828 bits per heavy atom. The molecule has 0 saturated carbocycles. The Hall–Kier alpha value is -2.03. The number of ether oxygens (including phenoxy) is 2. The van der Waals surface area contributed by atoms with Crippen LogP contribution in [-0.2, 0) is 9.53 Å². The van der Waals surface area contributed by atoms with Crippen molar-refractivity contribution in [1.29, 1.82) is 0 Å². The first kappa shape index (κ1) is 23.3. The largest absolute Gasteiger partial charge is 0.497 e. The zero-order valence-electron chi connectivity index (χ0n) is 18.5. The van der Waals surface area contributed by atoms with Crippen molar-refractivity contribution in [3.8, 4) is 5.75 Å². The summed E-state index contributed by atoms with van der Waals surface area (Å²) in [6, 6.07) is 12.1. The molecule has 0 saturated heterocycles. The van der Waals surface area contributed by atoms with Crippen molar-refractivity contribution in [1.82, 2.24) is 0 Å². The van der Waals surface area contributed by atoms with Crippen LogP contribution >= 0.6 is 0 Å². The van der Waals surface area contributed by atoms with Gasteiger partial charge in [-0.15, -0.1) is 0 Å². The maximum Gasteiger partial charge on any atom is 0.313 e. The van der Waals surface area contributed by atoms with Crippen LogP contribution in [-0.4, -0.2) is 19.7 Å². The van der Waals surface area contributed by atoms with Gasteiger partial charge in [0.2, 0.25) is 0 Å². The molecule has 160 valence electrons. The zero-order chi connectivity index (χ0) is 20.9. The van der Waals surface area contributed by atoms with Crippen molar-refractivity contribution in [3.05, 3.63) is 42.0 Å². The minimum atomic E-state index is -0.246. The van der Waals surface area contributed by atoms with Gasteiger partial charge in [-0.3, -0.25) is 4.79 Å². The number of carbonyl (C=O) groups is 1. The van der Waals surface area contributed by atoms with Gasteiger partial charge in [-0.25, -0.2) is 0 Å². The Morgan fingerprint density at radius 3 is 2.07 bits per heavy atom. The number of esters is 1. The maximum atomic E-state index is 12.4. The molecule has 2 rings (SSSR count). The second-order valence-corrected chi connectivity index (χ2v) is 8.04. The van der Waals surface area contributed by atoms with Crippen LogP contribution in [0.4, 0.5) is 0 Å². The molecule has 1 unspecified atom stereocenters. The lowest BCUT2D eigenvalue weighted by Gasteiger charge is -2.13. The summed E-state index contributed by atoms with van der Waals surface area (Å²) in [4.78, 5) is 12.4. The standard InChI is InChI=1S/C26H38O3/c1-4-5-6-7-8-9-10-11-12-13-18-29-26(27)21(2)22-14-15-24-20-25(28-3)17-16-23(24)19-22/h14-17,19-21H,4-13,18H2,1-3H3. The van der Waals surface area contributed by atoms with E-state index >= 15 is 0 Å². The van der Waals surface area contributed by atoms with E-state index in [4.69, 9.17) is 9.47 Å². The molecular weight excluding hydrogens is 360 g/mol. The van der Waals surface area contributed by atoms with Gasteiger partial charge in [-0.1, -0.05) is 89.0 Å². The molecule has 2 aromatic carbocycles. The number of rotatable bonds is 14. The minimum absolute atomic E-state index is 0.131. The van der Waals surface area contributed by atoms with E-state index in [0.717, 1.165) is 34.9 Å². The molecule has 0 bridgehead atoms. The number of carbonyl (C=O) groups excluding carboxylic acids is 1. The highest BCUT2D eigenvalue weighted by Gasteiger charge is 2.17. The Kier molecular flexibility index (Phi) is 10.6. The highest BCUT2D eigenvalue weighted by molar-refractivity contribution is 5.86. The van der Waals surface area contributed by atoms with E-state index in [-0.39, 0.29) is 11.9 Å². The van der Waals surface area contributed by atoms with Crippen molar-refractivity contribution in [2.75, 3.05) is 13.7 Å². The lowest BCUT2D eigenvalue weighted by atomic mass is 9.98. The fraction of sp³-hybridized carbons (Fsp3) is 0.577. The molecule has 1 atom stereocenters. The number of methoxy groups -OCH3 is 1. The summed E-state index contributed by atoms with van der Waals surface area (Å²) < 4.78 is 10.8. The van der Waals surface area contributed by atoms with Gasteiger partial charge in [0.1, 0.15) is 5.75 Å². The maximum absolute atomic E-state index is 12.4. The van der Waals surface area contributed by atoms with E-state index in [9.17, 15) is 4.79 Å². The number of hydrogen-bond donors (Lipinski definition) is 0. The molecule has 0 amide bonds. The van der Waals surface area contributed by atoms with E-state index in [0.29, 0.717) is 6.61 Å². The van der Waals surface area contributed by atoms with Crippen LogP contribution in [0.3, 0.4) is 0 Å². The lowest BCUT2D eigenvalue weighted by Crippen LogP contribution is -2.14. The molecule has 0 aliphatic rings. The van der Waals surface area contributed by atoms with Gasteiger partial charge < -0.3 is 9.47 Å². The van der Waals surface area contributed by atoms with Gasteiger partial charge in [-0.05, 0) is 41.8 Å².